The number of ether oxygens (including phenoxy) is 1. The van der Waals surface area contributed by atoms with E-state index < -0.39 is 0 Å². The van der Waals surface area contributed by atoms with Gasteiger partial charge in [-0.3, -0.25) is 4.79 Å². The monoisotopic (exact) mass is 228 g/mol. The van der Waals surface area contributed by atoms with E-state index in [9.17, 15) is 4.79 Å². The van der Waals surface area contributed by atoms with E-state index in [4.69, 9.17) is 16.2 Å². The van der Waals surface area contributed by atoms with Gasteiger partial charge in [-0.15, -0.1) is 0 Å². The SMILES string of the molecule is Nc1ccc(Oc2ccc(N)c(C=O)c2)cc1. The van der Waals surface area contributed by atoms with Gasteiger partial charge < -0.3 is 16.2 Å². The summed E-state index contributed by atoms with van der Waals surface area (Å²) >= 11 is 0. The molecule has 17 heavy (non-hydrogen) atoms. The van der Waals surface area contributed by atoms with Crippen molar-refractivity contribution in [2.24, 2.45) is 0 Å². The maximum atomic E-state index is 10.7. The van der Waals surface area contributed by atoms with E-state index in [1.54, 1.807) is 42.5 Å². The van der Waals surface area contributed by atoms with Crippen molar-refractivity contribution in [3.63, 3.8) is 0 Å². The minimum Gasteiger partial charge on any atom is -0.457 e. The molecule has 0 atom stereocenters. The second kappa shape index (κ2) is 4.57. The predicted octanol–water partition coefficient (Wildman–Crippen LogP) is 2.46. The third kappa shape index (κ3) is 2.55. The van der Waals surface area contributed by atoms with Gasteiger partial charge in [-0.25, -0.2) is 0 Å². The minimum absolute atomic E-state index is 0.415. The smallest absolute Gasteiger partial charge is 0.152 e. The van der Waals surface area contributed by atoms with Gasteiger partial charge in [0.2, 0.25) is 0 Å². The van der Waals surface area contributed by atoms with Gasteiger partial charge in [0.1, 0.15) is 11.5 Å². The van der Waals surface area contributed by atoms with Crippen LogP contribution in [0.15, 0.2) is 42.5 Å². The summed E-state index contributed by atoms with van der Waals surface area (Å²) in [6.45, 7) is 0. The lowest BCUT2D eigenvalue weighted by Gasteiger charge is -2.07. The Hall–Kier alpha value is -2.49. The predicted molar refractivity (Wildman–Crippen MR) is 67.2 cm³/mol. The first kappa shape index (κ1) is 11.0. The topological polar surface area (TPSA) is 78.3 Å². The zero-order valence-corrected chi connectivity index (χ0v) is 9.09. The van der Waals surface area contributed by atoms with Crippen LogP contribution in [-0.4, -0.2) is 6.29 Å². The van der Waals surface area contributed by atoms with E-state index in [0.29, 0.717) is 34.7 Å². The van der Waals surface area contributed by atoms with E-state index in [2.05, 4.69) is 0 Å². The molecule has 86 valence electrons. The van der Waals surface area contributed by atoms with Gasteiger partial charge in [-0.05, 0) is 42.5 Å². The fraction of sp³-hybridized carbons (Fsp3) is 0. The maximum Gasteiger partial charge on any atom is 0.152 e. The molecule has 0 radical (unpaired) electrons. The molecular weight excluding hydrogens is 216 g/mol. The molecule has 0 unspecified atom stereocenters. The van der Waals surface area contributed by atoms with Crippen molar-refractivity contribution < 1.29 is 9.53 Å². The number of nitrogen functional groups attached to an aromatic ring is 2. The highest BCUT2D eigenvalue weighted by atomic mass is 16.5. The van der Waals surface area contributed by atoms with E-state index in [0.717, 1.165) is 0 Å². The highest BCUT2D eigenvalue weighted by Gasteiger charge is 2.02. The summed E-state index contributed by atoms with van der Waals surface area (Å²) in [7, 11) is 0. The largest absolute Gasteiger partial charge is 0.457 e. The summed E-state index contributed by atoms with van der Waals surface area (Å²) in [6, 6.07) is 11.9. The van der Waals surface area contributed by atoms with Crippen molar-refractivity contribution in [1.29, 1.82) is 0 Å². The third-order valence-electron chi connectivity index (χ3n) is 2.30. The second-order valence-corrected chi connectivity index (χ2v) is 3.58. The molecule has 2 rings (SSSR count). The summed E-state index contributed by atoms with van der Waals surface area (Å²) in [6.07, 6.45) is 0.700. The molecule has 2 aromatic carbocycles. The molecule has 0 amide bonds. The molecule has 0 aliphatic carbocycles. The van der Waals surface area contributed by atoms with Crippen molar-refractivity contribution in [2.45, 2.75) is 0 Å². The van der Waals surface area contributed by atoms with Crippen LogP contribution in [0, 0.1) is 0 Å². The normalized spacial score (nSPS) is 9.88. The van der Waals surface area contributed by atoms with Crippen LogP contribution in [0.4, 0.5) is 11.4 Å². The molecule has 0 bridgehead atoms. The van der Waals surface area contributed by atoms with Crippen LogP contribution in [0.5, 0.6) is 11.5 Å². The first-order valence-electron chi connectivity index (χ1n) is 5.07. The highest BCUT2D eigenvalue weighted by Crippen LogP contribution is 2.24. The lowest BCUT2D eigenvalue weighted by Crippen LogP contribution is -1.93. The number of anilines is 2. The number of hydrogen-bond donors (Lipinski definition) is 2. The average Bonchev–Trinajstić information content (AvgIpc) is 2.34. The molecule has 0 aliphatic rings. The van der Waals surface area contributed by atoms with Crippen LogP contribution < -0.4 is 16.2 Å². The maximum absolute atomic E-state index is 10.7. The number of nitrogens with two attached hydrogens (primary N) is 2. The number of carbonyl (C=O) groups is 1. The fourth-order valence-electron chi connectivity index (χ4n) is 1.39. The Morgan fingerprint density at radius 2 is 1.59 bits per heavy atom. The summed E-state index contributed by atoms with van der Waals surface area (Å²) in [4.78, 5) is 10.7. The van der Waals surface area contributed by atoms with Crippen LogP contribution in [0.1, 0.15) is 10.4 Å². The van der Waals surface area contributed by atoms with Crippen molar-refractivity contribution in [2.75, 3.05) is 11.5 Å². The van der Waals surface area contributed by atoms with Gasteiger partial charge in [0.25, 0.3) is 0 Å². The molecule has 0 fully saturated rings. The first-order valence-corrected chi connectivity index (χ1v) is 5.07. The summed E-state index contributed by atoms with van der Waals surface area (Å²) in [5.41, 5.74) is 12.7. The van der Waals surface area contributed by atoms with Crippen molar-refractivity contribution in [1.82, 2.24) is 0 Å². The second-order valence-electron chi connectivity index (χ2n) is 3.58. The van der Waals surface area contributed by atoms with Gasteiger partial charge >= 0.3 is 0 Å². The standard InChI is InChI=1S/C13H12N2O2/c14-10-1-3-11(4-2-10)17-12-5-6-13(15)9(7-12)8-16/h1-8H,14-15H2. The van der Waals surface area contributed by atoms with Gasteiger partial charge in [0.05, 0.1) is 0 Å². The number of rotatable bonds is 3. The molecular formula is C13H12N2O2. The molecule has 4 N–H and O–H groups in total. The van der Waals surface area contributed by atoms with Crippen LogP contribution in [0.3, 0.4) is 0 Å². The lowest BCUT2D eigenvalue weighted by atomic mass is 10.2. The molecule has 0 heterocycles. The van der Waals surface area contributed by atoms with Gasteiger partial charge in [-0.2, -0.15) is 0 Å². The number of benzene rings is 2. The van der Waals surface area contributed by atoms with E-state index in [1.807, 2.05) is 0 Å². The first-order chi connectivity index (χ1) is 8.19. The molecule has 4 heteroatoms. The van der Waals surface area contributed by atoms with Crippen LogP contribution in [-0.2, 0) is 0 Å². The summed E-state index contributed by atoms with van der Waals surface area (Å²) in [5.74, 6) is 1.21. The summed E-state index contributed by atoms with van der Waals surface area (Å²) in [5, 5.41) is 0. The van der Waals surface area contributed by atoms with E-state index >= 15 is 0 Å². The minimum atomic E-state index is 0.415. The fourth-order valence-corrected chi connectivity index (χ4v) is 1.39. The molecule has 0 aromatic heterocycles. The van der Waals surface area contributed by atoms with Crippen molar-refractivity contribution >= 4 is 17.7 Å². The molecule has 2 aromatic rings. The Bertz CT molecular complexity index is 536. The van der Waals surface area contributed by atoms with Crippen molar-refractivity contribution in [3.05, 3.63) is 48.0 Å². The van der Waals surface area contributed by atoms with E-state index in [-0.39, 0.29) is 0 Å². The Morgan fingerprint density at radius 1 is 0.941 bits per heavy atom. The average molecular weight is 228 g/mol. The van der Waals surface area contributed by atoms with E-state index in [1.165, 1.54) is 0 Å². The van der Waals surface area contributed by atoms with Crippen LogP contribution in [0.2, 0.25) is 0 Å². The quantitative estimate of drug-likeness (QED) is 0.624. The molecule has 4 nitrogen and oxygen atoms in total. The summed E-state index contributed by atoms with van der Waals surface area (Å²) < 4.78 is 5.56. The Labute approximate surface area is 98.8 Å². The van der Waals surface area contributed by atoms with Crippen LogP contribution in [0.25, 0.3) is 0 Å². The molecule has 0 saturated carbocycles. The van der Waals surface area contributed by atoms with Crippen LogP contribution >= 0.6 is 0 Å². The molecule has 0 aliphatic heterocycles. The van der Waals surface area contributed by atoms with Crippen molar-refractivity contribution in [3.8, 4) is 11.5 Å². The number of carbonyl (C=O) groups excluding carboxylic acids is 1. The van der Waals surface area contributed by atoms with Gasteiger partial charge in [0, 0.05) is 16.9 Å². The molecule has 0 spiro atoms. The number of aldehydes is 1. The lowest BCUT2D eigenvalue weighted by molar-refractivity contribution is 0.112. The number of hydrogen-bond acceptors (Lipinski definition) is 4. The zero-order valence-electron chi connectivity index (χ0n) is 9.09. The van der Waals surface area contributed by atoms with Gasteiger partial charge in [0.15, 0.2) is 6.29 Å². The molecule has 0 saturated heterocycles. The Morgan fingerprint density at radius 3 is 2.24 bits per heavy atom. The zero-order chi connectivity index (χ0) is 12.3. The Kier molecular flexibility index (Phi) is 2.96. The Balaban J connectivity index is 2.24. The van der Waals surface area contributed by atoms with Gasteiger partial charge in [-0.1, -0.05) is 0 Å². The highest BCUT2D eigenvalue weighted by molar-refractivity contribution is 5.83. The third-order valence-corrected chi connectivity index (χ3v) is 2.30.